The van der Waals surface area contributed by atoms with Gasteiger partial charge in [-0.1, -0.05) is 42.5 Å². The van der Waals surface area contributed by atoms with E-state index in [2.05, 4.69) is 16.5 Å². The zero-order chi connectivity index (χ0) is 40.4. The second kappa shape index (κ2) is 18.5. The number of carbonyl (C=O) groups excluding carboxylic acids is 6. The first-order valence-electron chi connectivity index (χ1n) is 17.5. The second-order valence-electron chi connectivity index (χ2n) is 13.8. The molecule has 5 atom stereocenters. The lowest BCUT2D eigenvalue weighted by Gasteiger charge is -2.42. The minimum absolute atomic E-state index is 0.277. The number of fused-ring (bicyclic) bond motifs is 1. The first-order valence-corrected chi connectivity index (χ1v) is 17.5. The monoisotopic (exact) mass is 765 g/mol. The minimum Gasteiger partial charge on any atom is -0.467 e. The van der Waals surface area contributed by atoms with Crippen LogP contribution in [-0.2, 0) is 70.2 Å². The molecular weight excluding hydrogens is 718 g/mol. The number of esters is 4. The molecule has 0 spiro atoms. The molecule has 0 unspecified atom stereocenters. The van der Waals surface area contributed by atoms with Gasteiger partial charge in [0, 0.05) is 56.5 Å². The van der Waals surface area contributed by atoms with Crippen LogP contribution in [0.3, 0.4) is 0 Å². The van der Waals surface area contributed by atoms with Crippen molar-refractivity contribution < 1.29 is 62.0 Å². The fourth-order valence-electron chi connectivity index (χ4n) is 5.92. The highest BCUT2D eigenvalue weighted by Gasteiger charge is 2.55. The summed E-state index contributed by atoms with van der Waals surface area (Å²) in [5.74, 6) is -4.38. The largest absolute Gasteiger partial charge is 0.467 e. The Bertz CT molecular complexity index is 1900. The first kappa shape index (κ1) is 42.0. The summed E-state index contributed by atoms with van der Waals surface area (Å²) in [6.07, 6.45) is -5.34. The number of nitrogens with zero attached hydrogens (tertiary/aromatic N) is 1. The van der Waals surface area contributed by atoms with Gasteiger partial charge in [-0.2, -0.15) is 0 Å². The van der Waals surface area contributed by atoms with Crippen molar-refractivity contribution in [3.8, 4) is 0 Å². The smallest absolute Gasteiger partial charge is 0.410 e. The number of methoxy groups -OCH3 is 1. The molecule has 0 saturated carbocycles. The van der Waals surface area contributed by atoms with Crippen LogP contribution in [0.4, 0.5) is 4.79 Å². The van der Waals surface area contributed by atoms with Crippen molar-refractivity contribution in [3.63, 3.8) is 0 Å². The number of hydroxylamine groups is 1. The average molecular weight is 766 g/mol. The van der Waals surface area contributed by atoms with E-state index in [4.69, 9.17) is 33.3 Å². The van der Waals surface area contributed by atoms with Crippen LogP contribution in [-0.4, -0.2) is 95.7 Å². The Balaban J connectivity index is 1.44. The highest BCUT2D eigenvalue weighted by molar-refractivity contribution is 5.91. The molecule has 1 aromatic heterocycles. The number of rotatable bonds is 13. The lowest BCUT2D eigenvalue weighted by Crippen LogP contribution is -2.64. The number of aromatic nitrogens is 1. The van der Waals surface area contributed by atoms with E-state index in [-0.39, 0.29) is 6.54 Å². The van der Waals surface area contributed by atoms with E-state index in [9.17, 15) is 28.8 Å². The Hall–Kier alpha value is -5.74. The third-order valence-corrected chi connectivity index (χ3v) is 8.20. The van der Waals surface area contributed by atoms with E-state index in [0.717, 1.165) is 61.7 Å². The molecule has 2 N–H and O–H groups in total. The van der Waals surface area contributed by atoms with Crippen molar-refractivity contribution >= 4 is 52.9 Å². The molecule has 0 radical (unpaired) electrons. The van der Waals surface area contributed by atoms with Gasteiger partial charge in [-0.15, -0.1) is 0 Å². The van der Waals surface area contributed by atoms with Crippen LogP contribution >= 0.6 is 0 Å². The number of aryl methyl sites for hydroxylation is 1. The molecule has 2 aromatic carbocycles. The van der Waals surface area contributed by atoms with Crippen LogP contribution < -0.4 is 5.48 Å². The van der Waals surface area contributed by atoms with Gasteiger partial charge in [0.2, 0.25) is 6.29 Å². The number of nitrogens with one attached hydrogen (secondary N) is 2. The molecular formula is C39H47N3O13. The molecule has 1 saturated heterocycles. The third-order valence-electron chi connectivity index (χ3n) is 8.20. The average Bonchev–Trinajstić information content (AvgIpc) is 3.43. The molecule has 2 heterocycles. The van der Waals surface area contributed by atoms with Crippen LogP contribution in [0.15, 0.2) is 54.6 Å². The van der Waals surface area contributed by atoms with Gasteiger partial charge in [-0.25, -0.2) is 19.9 Å². The van der Waals surface area contributed by atoms with E-state index in [1.54, 1.807) is 17.0 Å². The predicted molar refractivity (Wildman–Crippen MR) is 195 cm³/mol. The summed E-state index contributed by atoms with van der Waals surface area (Å²) in [5.41, 5.74) is 6.11. The van der Waals surface area contributed by atoms with Crippen molar-refractivity contribution in [1.29, 1.82) is 0 Å². The molecule has 2 amide bonds. The number of H-pyrrole nitrogens is 1. The lowest BCUT2D eigenvalue weighted by molar-refractivity contribution is -0.311. The fraction of sp³-hybridized carbons (Fsp3) is 0.436. The van der Waals surface area contributed by atoms with Gasteiger partial charge in [-0.3, -0.25) is 19.2 Å². The van der Waals surface area contributed by atoms with E-state index >= 15 is 0 Å². The van der Waals surface area contributed by atoms with Crippen molar-refractivity contribution in [1.82, 2.24) is 15.4 Å². The fourth-order valence-corrected chi connectivity index (χ4v) is 5.92. The highest BCUT2D eigenvalue weighted by atomic mass is 16.8. The molecule has 16 heteroatoms. The molecule has 3 aromatic rings. The number of para-hydroxylation sites is 1. The molecule has 55 heavy (non-hydrogen) atoms. The number of hydrogen-bond acceptors (Lipinski definition) is 13. The van der Waals surface area contributed by atoms with E-state index in [0.29, 0.717) is 18.5 Å². The summed E-state index contributed by atoms with van der Waals surface area (Å²) in [4.78, 5) is 85.0. The number of carbonyl (C=O) groups is 6. The maximum atomic E-state index is 13.3. The van der Waals surface area contributed by atoms with Gasteiger partial charge in [0.15, 0.2) is 24.4 Å². The van der Waals surface area contributed by atoms with E-state index in [1.807, 2.05) is 58.0 Å². The normalized spacial score (nSPS) is 19.7. The van der Waals surface area contributed by atoms with Crippen LogP contribution in [0.1, 0.15) is 63.9 Å². The zero-order valence-electron chi connectivity index (χ0n) is 32.0. The van der Waals surface area contributed by atoms with Crippen LogP contribution in [0.2, 0.25) is 0 Å². The summed E-state index contributed by atoms with van der Waals surface area (Å²) in [6.45, 7) is 11.3. The number of ether oxygens (including phenoxy) is 6. The summed E-state index contributed by atoms with van der Waals surface area (Å²) in [5, 5.41) is 1.11. The molecule has 1 aliphatic rings. The molecule has 4 rings (SSSR count). The molecule has 296 valence electrons. The highest BCUT2D eigenvalue weighted by Crippen LogP contribution is 2.30. The Morgan fingerprint density at radius 3 is 2.11 bits per heavy atom. The number of aromatic amines is 1. The van der Waals surface area contributed by atoms with Gasteiger partial charge in [-0.05, 0) is 62.9 Å². The molecule has 1 fully saturated rings. The van der Waals surface area contributed by atoms with Gasteiger partial charge >= 0.3 is 30.0 Å². The summed E-state index contributed by atoms with van der Waals surface area (Å²) in [6, 6.07) is 15.2. The van der Waals surface area contributed by atoms with Crippen molar-refractivity contribution in [3.05, 3.63) is 77.0 Å². The zero-order valence-corrected chi connectivity index (χ0v) is 32.0. The van der Waals surface area contributed by atoms with Gasteiger partial charge in [0.05, 0.1) is 7.11 Å². The van der Waals surface area contributed by atoms with E-state index in [1.165, 1.54) is 6.08 Å². The lowest BCUT2D eigenvalue weighted by atomic mass is 9.98. The van der Waals surface area contributed by atoms with Gasteiger partial charge in [0.1, 0.15) is 5.60 Å². The number of benzene rings is 2. The van der Waals surface area contributed by atoms with Crippen LogP contribution in [0.25, 0.3) is 17.0 Å². The Morgan fingerprint density at radius 1 is 0.873 bits per heavy atom. The summed E-state index contributed by atoms with van der Waals surface area (Å²) < 4.78 is 31.9. The minimum atomic E-state index is -1.71. The van der Waals surface area contributed by atoms with Crippen LogP contribution in [0, 0.1) is 6.92 Å². The van der Waals surface area contributed by atoms with Gasteiger partial charge < -0.3 is 38.3 Å². The Labute approximate surface area is 318 Å². The van der Waals surface area contributed by atoms with Crippen molar-refractivity contribution in [2.24, 2.45) is 0 Å². The molecule has 1 aliphatic heterocycles. The quantitative estimate of drug-likeness (QED) is 0.109. The summed E-state index contributed by atoms with van der Waals surface area (Å²) >= 11 is 0. The standard InChI is InChI=1S/C39H47N3O13/c1-22-28(29-11-9-10-12-30(29)40-22)19-20-42(38(48)54-39(5,6)7)21-27-15-13-26(14-16-27)17-18-31(46)41-55-37-35(52-25(4)45)33(51-24(3)44)32(50-23(2)43)34(53-37)36(47)49-8/h9-18,32-35,37,40H,19-21H2,1-8H3,(H,41,46)/b18-17+/t32-,33-,34-,35+,37-/m0/s1. The molecule has 0 aliphatic carbocycles. The first-order chi connectivity index (χ1) is 25.9. The Morgan fingerprint density at radius 2 is 1.49 bits per heavy atom. The van der Waals surface area contributed by atoms with Crippen molar-refractivity contribution in [2.75, 3.05) is 13.7 Å². The van der Waals surface area contributed by atoms with Crippen molar-refractivity contribution in [2.45, 2.75) is 97.7 Å². The van der Waals surface area contributed by atoms with Crippen LogP contribution in [0.5, 0.6) is 0 Å². The number of hydrogen-bond donors (Lipinski definition) is 2. The summed E-state index contributed by atoms with van der Waals surface area (Å²) in [7, 11) is 1.05. The maximum Gasteiger partial charge on any atom is 0.410 e. The maximum absolute atomic E-state index is 13.3. The predicted octanol–water partition coefficient (Wildman–Crippen LogP) is 4.21. The van der Waals surface area contributed by atoms with E-state index < -0.39 is 72.2 Å². The third kappa shape index (κ3) is 11.9. The number of amides is 2. The van der Waals surface area contributed by atoms with Gasteiger partial charge in [0.25, 0.3) is 5.91 Å². The Kier molecular flexibility index (Phi) is 14.2. The SMILES string of the molecule is COC(=O)[C@H]1O[C@@H](ONC(=O)/C=C/c2ccc(CN(CCc3c(C)[nH]c4ccccc34)C(=O)OC(C)(C)C)cc2)[C@H](OC(C)=O)[C@@H](OC(C)=O)[C@@H]1OC(C)=O. The molecule has 16 nitrogen and oxygen atoms in total. The molecule has 0 bridgehead atoms. The topological polar surface area (TPSA) is 198 Å². The second-order valence-corrected chi connectivity index (χ2v) is 13.8.